The first-order valence-electron chi connectivity index (χ1n) is 6.03. The lowest BCUT2D eigenvalue weighted by molar-refractivity contribution is 0.370. The van der Waals surface area contributed by atoms with Crippen LogP contribution in [-0.2, 0) is 7.05 Å². The van der Waals surface area contributed by atoms with E-state index in [1.165, 1.54) is 36.6 Å². The fourth-order valence-corrected chi connectivity index (χ4v) is 3.58. The molecule has 1 saturated heterocycles. The van der Waals surface area contributed by atoms with Gasteiger partial charge >= 0.3 is 0 Å². The summed E-state index contributed by atoms with van der Waals surface area (Å²) >= 11 is 2.09. The van der Waals surface area contributed by atoms with Gasteiger partial charge in [0.1, 0.15) is 5.82 Å². The van der Waals surface area contributed by atoms with Crippen molar-refractivity contribution in [2.75, 3.05) is 18.6 Å². The van der Waals surface area contributed by atoms with Crippen molar-refractivity contribution in [3.63, 3.8) is 0 Å². The van der Waals surface area contributed by atoms with E-state index in [1.807, 2.05) is 19.4 Å². The predicted octanol–water partition coefficient (Wildman–Crippen LogP) is 2.21. The Kier molecular flexibility index (Phi) is 4.29. The molecule has 0 saturated carbocycles. The van der Waals surface area contributed by atoms with Gasteiger partial charge in [-0.25, -0.2) is 4.98 Å². The molecule has 4 heteroatoms. The number of thioether (sulfide) groups is 1. The van der Waals surface area contributed by atoms with E-state index in [-0.39, 0.29) is 0 Å². The van der Waals surface area contributed by atoms with E-state index in [1.54, 1.807) is 0 Å². The minimum absolute atomic E-state index is 0.410. The van der Waals surface area contributed by atoms with Crippen molar-refractivity contribution in [2.24, 2.45) is 13.0 Å². The van der Waals surface area contributed by atoms with Crippen LogP contribution in [0.15, 0.2) is 12.4 Å². The molecule has 1 aliphatic rings. The Morgan fingerprint density at radius 1 is 1.56 bits per heavy atom. The molecule has 0 spiro atoms. The quantitative estimate of drug-likeness (QED) is 0.873. The lowest BCUT2D eigenvalue weighted by atomic mass is 9.94. The van der Waals surface area contributed by atoms with E-state index in [2.05, 4.69) is 33.7 Å². The normalized spacial score (nSPS) is 19.9. The van der Waals surface area contributed by atoms with Crippen molar-refractivity contribution >= 4 is 11.8 Å². The lowest BCUT2D eigenvalue weighted by Crippen LogP contribution is -2.24. The van der Waals surface area contributed by atoms with Crippen LogP contribution in [0.2, 0.25) is 0 Å². The number of aromatic nitrogens is 2. The predicted molar refractivity (Wildman–Crippen MR) is 69.7 cm³/mol. The van der Waals surface area contributed by atoms with Crippen LogP contribution in [0.5, 0.6) is 0 Å². The Morgan fingerprint density at radius 2 is 2.31 bits per heavy atom. The maximum absolute atomic E-state index is 4.45. The molecule has 1 N–H and O–H groups in total. The second-order valence-corrected chi connectivity index (χ2v) is 5.75. The Labute approximate surface area is 102 Å². The molecule has 0 aliphatic carbocycles. The van der Waals surface area contributed by atoms with Gasteiger partial charge in [-0.2, -0.15) is 11.8 Å². The fraction of sp³-hybridized carbons (Fsp3) is 0.750. The third kappa shape index (κ3) is 2.80. The minimum Gasteiger partial charge on any atom is -0.337 e. The molecule has 1 unspecified atom stereocenters. The topological polar surface area (TPSA) is 29.9 Å². The van der Waals surface area contributed by atoms with Crippen molar-refractivity contribution in [2.45, 2.75) is 25.3 Å². The van der Waals surface area contributed by atoms with Crippen LogP contribution >= 0.6 is 11.8 Å². The number of nitrogens with zero attached hydrogens (tertiary/aromatic N) is 2. The summed E-state index contributed by atoms with van der Waals surface area (Å²) in [7, 11) is 4.11. The van der Waals surface area contributed by atoms with Gasteiger partial charge in [0, 0.05) is 19.4 Å². The molecule has 90 valence electrons. The van der Waals surface area contributed by atoms with E-state index >= 15 is 0 Å². The maximum atomic E-state index is 4.45. The average molecular weight is 239 g/mol. The van der Waals surface area contributed by atoms with Gasteiger partial charge in [-0.3, -0.25) is 0 Å². The number of aryl methyl sites for hydroxylation is 1. The molecule has 0 amide bonds. The molecular weight excluding hydrogens is 218 g/mol. The zero-order valence-corrected chi connectivity index (χ0v) is 11.0. The Hall–Kier alpha value is -0.480. The third-order valence-corrected chi connectivity index (χ3v) is 4.48. The summed E-state index contributed by atoms with van der Waals surface area (Å²) in [6.45, 7) is 0. The van der Waals surface area contributed by atoms with Crippen molar-refractivity contribution in [1.82, 2.24) is 14.9 Å². The number of rotatable bonds is 4. The van der Waals surface area contributed by atoms with Crippen molar-refractivity contribution in [1.29, 1.82) is 0 Å². The Bertz CT molecular complexity index is 318. The second-order valence-electron chi connectivity index (χ2n) is 4.53. The van der Waals surface area contributed by atoms with E-state index in [9.17, 15) is 0 Å². The average Bonchev–Trinajstić information content (AvgIpc) is 2.74. The standard InChI is InChI=1S/C12H21N3S/c1-13-11(12-14-5-6-15(12)2)9-10-3-7-16-8-4-10/h5-6,10-11,13H,3-4,7-9H2,1-2H3. The molecule has 1 atom stereocenters. The van der Waals surface area contributed by atoms with Crippen molar-refractivity contribution in [3.05, 3.63) is 18.2 Å². The third-order valence-electron chi connectivity index (χ3n) is 3.43. The van der Waals surface area contributed by atoms with Crippen LogP contribution in [0.3, 0.4) is 0 Å². The van der Waals surface area contributed by atoms with E-state index < -0.39 is 0 Å². The smallest absolute Gasteiger partial charge is 0.125 e. The maximum Gasteiger partial charge on any atom is 0.125 e. The first kappa shape index (κ1) is 12.0. The van der Waals surface area contributed by atoms with Crippen LogP contribution in [0, 0.1) is 5.92 Å². The molecule has 0 bridgehead atoms. The SMILES string of the molecule is CNC(CC1CCSCC1)c1nccn1C. The van der Waals surface area contributed by atoms with Crippen molar-refractivity contribution in [3.8, 4) is 0 Å². The van der Waals surface area contributed by atoms with Gasteiger partial charge < -0.3 is 9.88 Å². The van der Waals surface area contributed by atoms with Gasteiger partial charge in [0.2, 0.25) is 0 Å². The minimum atomic E-state index is 0.410. The molecule has 1 aliphatic heterocycles. The lowest BCUT2D eigenvalue weighted by Gasteiger charge is -2.25. The molecule has 2 heterocycles. The Balaban J connectivity index is 1.97. The highest BCUT2D eigenvalue weighted by Gasteiger charge is 2.21. The van der Waals surface area contributed by atoms with E-state index in [0.29, 0.717) is 6.04 Å². The highest BCUT2D eigenvalue weighted by Crippen LogP contribution is 2.30. The summed E-state index contributed by atoms with van der Waals surface area (Å²) in [5, 5.41) is 3.40. The first-order chi connectivity index (χ1) is 7.81. The zero-order chi connectivity index (χ0) is 11.4. The van der Waals surface area contributed by atoms with Gasteiger partial charge in [-0.1, -0.05) is 0 Å². The summed E-state index contributed by atoms with van der Waals surface area (Å²) in [6, 6.07) is 0.410. The summed E-state index contributed by atoms with van der Waals surface area (Å²) < 4.78 is 2.12. The molecule has 3 nitrogen and oxygen atoms in total. The van der Waals surface area contributed by atoms with Gasteiger partial charge in [0.25, 0.3) is 0 Å². The zero-order valence-electron chi connectivity index (χ0n) is 10.1. The van der Waals surface area contributed by atoms with Crippen LogP contribution in [0.1, 0.15) is 31.1 Å². The summed E-state index contributed by atoms with van der Waals surface area (Å²) in [4.78, 5) is 4.45. The summed E-state index contributed by atoms with van der Waals surface area (Å²) in [6.07, 6.45) is 7.87. The van der Waals surface area contributed by atoms with Crippen LogP contribution in [0.4, 0.5) is 0 Å². The monoisotopic (exact) mass is 239 g/mol. The number of hydrogen-bond donors (Lipinski definition) is 1. The fourth-order valence-electron chi connectivity index (χ4n) is 2.38. The molecule has 1 fully saturated rings. The van der Waals surface area contributed by atoms with Crippen LogP contribution < -0.4 is 5.32 Å². The highest BCUT2D eigenvalue weighted by molar-refractivity contribution is 7.99. The second kappa shape index (κ2) is 5.73. The molecule has 0 aromatic carbocycles. The Morgan fingerprint density at radius 3 is 2.88 bits per heavy atom. The van der Waals surface area contributed by atoms with Crippen LogP contribution in [-0.4, -0.2) is 28.1 Å². The largest absolute Gasteiger partial charge is 0.337 e. The van der Waals surface area contributed by atoms with E-state index in [4.69, 9.17) is 0 Å². The van der Waals surface area contributed by atoms with Gasteiger partial charge in [-0.05, 0) is 43.7 Å². The van der Waals surface area contributed by atoms with Gasteiger partial charge in [0.15, 0.2) is 0 Å². The number of nitrogens with one attached hydrogen (secondary N) is 1. The molecule has 2 rings (SSSR count). The van der Waals surface area contributed by atoms with E-state index in [0.717, 1.165) is 5.92 Å². The molecule has 1 aromatic heterocycles. The summed E-state index contributed by atoms with van der Waals surface area (Å²) in [5.41, 5.74) is 0. The van der Waals surface area contributed by atoms with Crippen LogP contribution in [0.25, 0.3) is 0 Å². The van der Waals surface area contributed by atoms with Gasteiger partial charge in [0.05, 0.1) is 6.04 Å². The molecule has 0 radical (unpaired) electrons. The highest BCUT2D eigenvalue weighted by atomic mass is 32.2. The molecular formula is C12H21N3S. The molecule has 1 aromatic rings. The number of hydrogen-bond acceptors (Lipinski definition) is 3. The van der Waals surface area contributed by atoms with Crippen molar-refractivity contribution < 1.29 is 0 Å². The first-order valence-corrected chi connectivity index (χ1v) is 7.19. The number of imidazole rings is 1. The molecule has 16 heavy (non-hydrogen) atoms. The van der Waals surface area contributed by atoms with Gasteiger partial charge in [-0.15, -0.1) is 0 Å². The summed E-state index contributed by atoms with van der Waals surface area (Å²) in [5.74, 6) is 4.71.